The van der Waals surface area contributed by atoms with E-state index in [4.69, 9.17) is 11.6 Å². The summed E-state index contributed by atoms with van der Waals surface area (Å²) in [5.74, 6) is -0.145. The molecule has 0 radical (unpaired) electrons. The summed E-state index contributed by atoms with van der Waals surface area (Å²) in [5.41, 5.74) is 0.576. The van der Waals surface area contributed by atoms with Crippen LogP contribution in [0.2, 0.25) is 5.02 Å². The molecule has 1 unspecified atom stereocenters. The molecule has 24 heavy (non-hydrogen) atoms. The van der Waals surface area contributed by atoms with E-state index in [1.54, 1.807) is 30.1 Å². The summed E-state index contributed by atoms with van der Waals surface area (Å²) in [6.45, 7) is 7.38. The minimum absolute atomic E-state index is 0.145. The van der Waals surface area contributed by atoms with E-state index in [0.29, 0.717) is 16.3 Å². The van der Waals surface area contributed by atoms with E-state index in [9.17, 15) is 9.59 Å². The molecule has 0 saturated carbocycles. The topological polar surface area (TPSA) is 73.5 Å². The zero-order chi connectivity index (χ0) is 17.9. The minimum atomic E-state index is -0.342. The molecule has 0 spiro atoms. The Hall–Kier alpha value is -1.79. The number of benzene rings is 1. The Morgan fingerprint density at radius 3 is 2.62 bits per heavy atom. The maximum absolute atomic E-state index is 12.7. The first-order chi connectivity index (χ1) is 11.2. The Morgan fingerprint density at radius 1 is 1.33 bits per heavy atom. The van der Waals surface area contributed by atoms with Gasteiger partial charge in [0.2, 0.25) is 0 Å². The van der Waals surface area contributed by atoms with Crippen molar-refractivity contribution in [3.05, 3.63) is 28.8 Å². The maximum Gasteiger partial charge on any atom is 0.319 e. The average molecular weight is 353 g/mol. The molecule has 3 N–H and O–H groups in total. The summed E-state index contributed by atoms with van der Waals surface area (Å²) in [6.07, 6.45) is 0.922. The molecule has 7 heteroatoms. The van der Waals surface area contributed by atoms with Crippen LogP contribution in [0.3, 0.4) is 0 Å². The summed E-state index contributed by atoms with van der Waals surface area (Å²) in [6, 6.07) is 4.76. The van der Waals surface area contributed by atoms with Gasteiger partial charge >= 0.3 is 6.03 Å². The van der Waals surface area contributed by atoms with E-state index in [1.165, 1.54) is 0 Å². The highest BCUT2D eigenvalue weighted by Gasteiger charge is 2.25. The van der Waals surface area contributed by atoms with Crippen molar-refractivity contribution in [2.75, 3.05) is 25.5 Å². The number of nitrogens with one attached hydrogen (secondary N) is 3. The van der Waals surface area contributed by atoms with Crippen LogP contribution in [0.25, 0.3) is 0 Å². The highest BCUT2D eigenvalue weighted by Crippen LogP contribution is 2.23. The van der Waals surface area contributed by atoms with Gasteiger partial charge in [-0.25, -0.2) is 4.79 Å². The number of hydrogen-bond acceptors (Lipinski definition) is 3. The molecule has 6 nitrogen and oxygen atoms in total. The van der Waals surface area contributed by atoms with Gasteiger partial charge in [-0.05, 0) is 51.9 Å². The van der Waals surface area contributed by atoms with E-state index in [2.05, 4.69) is 16.0 Å². The molecular formula is C17H25ClN4O2. The lowest BCUT2D eigenvalue weighted by Gasteiger charge is -2.24. The van der Waals surface area contributed by atoms with Crippen molar-refractivity contribution in [1.82, 2.24) is 15.5 Å². The van der Waals surface area contributed by atoms with Gasteiger partial charge in [-0.1, -0.05) is 11.6 Å². The molecule has 132 valence electrons. The fourth-order valence-electron chi connectivity index (χ4n) is 2.60. The first-order valence-corrected chi connectivity index (χ1v) is 8.42. The quantitative estimate of drug-likeness (QED) is 0.783. The molecule has 1 aliphatic heterocycles. The number of nitrogens with zero attached hydrogens (tertiary/aromatic N) is 1. The molecule has 1 saturated heterocycles. The van der Waals surface area contributed by atoms with Gasteiger partial charge in [0, 0.05) is 30.9 Å². The van der Waals surface area contributed by atoms with Crippen LogP contribution in [0.5, 0.6) is 0 Å². The number of anilines is 1. The average Bonchev–Trinajstić information content (AvgIpc) is 3.00. The van der Waals surface area contributed by atoms with Crippen LogP contribution in [0.15, 0.2) is 18.2 Å². The van der Waals surface area contributed by atoms with Crippen molar-refractivity contribution < 1.29 is 9.59 Å². The molecule has 1 heterocycles. The van der Waals surface area contributed by atoms with Crippen LogP contribution in [-0.4, -0.2) is 48.6 Å². The number of amides is 3. The second kappa shape index (κ2) is 7.40. The van der Waals surface area contributed by atoms with Gasteiger partial charge in [0.15, 0.2) is 0 Å². The Balaban J connectivity index is 2.13. The highest BCUT2D eigenvalue weighted by atomic mass is 35.5. The lowest BCUT2D eigenvalue weighted by Crippen LogP contribution is -2.43. The molecule has 3 amide bonds. The van der Waals surface area contributed by atoms with Gasteiger partial charge in [-0.2, -0.15) is 0 Å². The highest BCUT2D eigenvalue weighted by molar-refractivity contribution is 6.34. The van der Waals surface area contributed by atoms with Gasteiger partial charge < -0.3 is 20.9 Å². The monoisotopic (exact) mass is 352 g/mol. The first kappa shape index (κ1) is 18.5. The number of halogens is 1. The Kier molecular flexibility index (Phi) is 5.72. The third-order valence-corrected chi connectivity index (χ3v) is 4.18. The predicted octanol–water partition coefficient (Wildman–Crippen LogP) is 2.69. The number of hydrogen-bond donors (Lipinski definition) is 3. The zero-order valence-electron chi connectivity index (χ0n) is 14.6. The molecule has 0 bridgehead atoms. The van der Waals surface area contributed by atoms with E-state index >= 15 is 0 Å². The van der Waals surface area contributed by atoms with Crippen LogP contribution < -0.4 is 16.0 Å². The standard InChI is InChI=1S/C17H25ClN4O2/c1-17(2,3)21-16(24)20-11-5-6-14(18)13(9-11)15(23)22(4)12-7-8-19-10-12/h5-6,9,12,19H,7-8,10H2,1-4H3,(H2,20,21,24). The number of carbonyl (C=O) groups is 2. The van der Waals surface area contributed by atoms with E-state index in [0.717, 1.165) is 19.5 Å². The molecular weight excluding hydrogens is 328 g/mol. The second-order valence-corrected chi connectivity index (χ2v) is 7.49. The van der Waals surface area contributed by atoms with Crippen molar-refractivity contribution >= 4 is 29.2 Å². The lowest BCUT2D eigenvalue weighted by molar-refractivity contribution is 0.0744. The molecule has 0 aliphatic carbocycles. The van der Waals surface area contributed by atoms with Gasteiger partial charge in [-0.15, -0.1) is 0 Å². The summed E-state index contributed by atoms with van der Waals surface area (Å²) >= 11 is 6.19. The lowest BCUT2D eigenvalue weighted by atomic mass is 10.1. The Bertz CT molecular complexity index is 622. The summed E-state index contributed by atoms with van der Waals surface area (Å²) < 4.78 is 0. The van der Waals surface area contributed by atoms with Gasteiger partial charge in [0.05, 0.1) is 10.6 Å². The summed E-state index contributed by atoms with van der Waals surface area (Å²) in [5, 5.41) is 9.17. The van der Waals surface area contributed by atoms with Crippen LogP contribution in [0, 0.1) is 0 Å². The molecule has 1 aromatic rings. The van der Waals surface area contributed by atoms with Crippen molar-refractivity contribution in [2.45, 2.75) is 38.8 Å². The Morgan fingerprint density at radius 2 is 2.04 bits per heavy atom. The van der Waals surface area contributed by atoms with Crippen LogP contribution in [0.4, 0.5) is 10.5 Å². The molecule has 2 rings (SSSR count). The fraction of sp³-hybridized carbons (Fsp3) is 0.529. The smallest absolute Gasteiger partial charge is 0.319 e. The van der Waals surface area contributed by atoms with Crippen molar-refractivity contribution in [3.63, 3.8) is 0 Å². The van der Waals surface area contributed by atoms with Gasteiger partial charge in [0.25, 0.3) is 5.91 Å². The molecule has 1 fully saturated rings. The maximum atomic E-state index is 12.7. The summed E-state index contributed by atoms with van der Waals surface area (Å²) in [7, 11) is 1.78. The number of carbonyl (C=O) groups excluding carboxylic acids is 2. The normalized spacial score (nSPS) is 17.5. The van der Waals surface area contributed by atoms with Crippen molar-refractivity contribution in [2.24, 2.45) is 0 Å². The van der Waals surface area contributed by atoms with Gasteiger partial charge in [-0.3, -0.25) is 4.79 Å². The first-order valence-electron chi connectivity index (χ1n) is 8.04. The Labute approximate surface area is 147 Å². The van der Waals surface area contributed by atoms with Crippen LogP contribution >= 0.6 is 11.6 Å². The number of likely N-dealkylation sites (N-methyl/N-ethyl adjacent to an activating group) is 1. The SMILES string of the molecule is CN(C(=O)c1cc(NC(=O)NC(C)(C)C)ccc1Cl)C1CCNC1. The third kappa shape index (κ3) is 4.85. The number of rotatable bonds is 3. The predicted molar refractivity (Wildman–Crippen MR) is 96.7 cm³/mol. The largest absolute Gasteiger partial charge is 0.337 e. The zero-order valence-corrected chi connectivity index (χ0v) is 15.3. The summed E-state index contributed by atoms with van der Waals surface area (Å²) in [4.78, 5) is 26.4. The minimum Gasteiger partial charge on any atom is -0.337 e. The van der Waals surface area contributed by atoms with Gasteiger partial charge in [0.1, 0.15) is 0 Å². The fourth-order valence-corrected chi connectivity index (χ4v) is 2.79. The number of urea groups is 1. The van der Waals surface area contributed by atoms with E-state index < -0.39 is 0 Å². The van der Waals surface area contributed by atoms with Crippen molar-refractivity contribution in [1.29, 1.82) is 0 Å². The van der Waals surface area contributed by atoms with Crippen LogP contribution in [-0.2, 0) is 0 Å². The second-order valence-electron chi connectivity index (χ2n) is 7.09. The molecule has 1 aromatic carbocycles. The van der Waals surface area contributed by atoms with Crippen LogP contribution in [0.1, 0.15) is 37.6 Å². The van der Waals surface area contributed by atoms with E-state index in [-0.39, 0.29) is 23.5 Å². The third-order valence-electron chi connectivity index (χ3n) is 3.85. The van der Waals surface area contributed by atoms with E-state index in [1.807, 2.05) is 20.8 Å². The molecule has 0 aromatic heterocycles. The van der Waals surface area contributed by atoms with Crippen molar-refractivity contribution in [3.8, 4) is 0 Å². The molecule has 1 atom stereocenters. The molecule has 1 aliphatic rings.